The lowest BCUT2D eigenvalue weighted by Gasteiger charge is -2.38. The maximum atomic E-state index is 16.3. The molecule has 5 heterocycles. The minimum Gasteiger partial charge on any atom is -0.336 e. The van der Waals surface area contributed by atoms with Gasteiger partial charge in [-0.25, -0.2) is 9.37 Å². The van der Waals surface area contributed by atoms with E-state index < -0.39 is 23.0 Å². The van der Waals surface area contributed by atoms with Crippen molar-refractivity contribution >= 4 is 28.0 Å². The van der Waals surface area contributed by atoms with Gasteiger partial charge in [-0.15, -0.1) is 0 Å². The van der Waals surface area contributed by atoms with Gasteiger partial charge in [-0.2, -0.15) is 5.10 Å². The fourth-order valence-electron chi connectivity index (χ4n) is 6.51. The number of carbonyl (C=O) groups excluding carboxylic acids is 1. The summed E-state index contributed by atoms with van der Waals surface area (Å²) >= 11 is 0. The van der Waals surface area contributed by atoms with Gasteiger partial charge in [-0.05, 0) is 68.9 Å². The highest BCUT2D eigenvalue weighted by atomic mass is 19.1. The van der Waals surface area contributed by atoms with Crippen LogP contribution in [-0.4, -0.2) is 52.7 Å². The van der Waals surface area contributed by atoms with Gasteiger partial charge in [0.15, 0.2) is 11.5 Å². The zero-order chi connectivity index (χ0) is 31.4. The number of fused-ring (bicyclic) bond motifs is 2. The Morgan fingerprint density at radius 1 is 1.16 bits per heavy atom. The molecule has 4 aromatic heterocycles. The molecule has 0 spiro atoms. The van der Waals surface area contributed by atoms with Gasteiger partial charge < -0.3 is 4.90 Å². The lowest BCUT2D eigenvalue weighted by Crippen LogP contribution is -2.48. The Labute approximate surface area is 252 Å². The van der Waals surface area contributed by atoms with Crippen LogP contribution in [0.25, 0.3) is 39.0 Å². The van der Waals surface area contributed by atoms with E-state index in [2.05, 4.69) is 21.8 Å². The van der Waals surface area contributed by atoms with Crippen molar-refractivity contribution in [3.63, 3.8) is 0 Å². The largest absolute Gasteiger partial charge is 0.336 e. The molecule has 1 amide bonds. The van der Waals surface area contributed by atoms with Crippen LogP contribution < -0.4 is 11.1 Å². The van der Waals surface area contributed by atoms with E-state index in [0.717, 1.165) is 11.1 Å². The van der Waals surface area contributed by atoms with Crippen LogP contribution in [-0.2, 0) is 4.79 Å². The molecule has 1 N–H and O–H groups in total. The number of hydrogen-bond acceptors (Lipinski definition) is 6. The number of hydrogen-bond donors (Lipinski definition) is 1. The first-order chi connectivity index (χ1) is 21.0. The molecule has 0 saturated carbocycles. The summed E-state index contributed by atoms with van der Waals surface area (Å²) in [7, 11) is 0. The van der Waals surface area contributed by atoms with E-state index in [1.807, 2.05) is 46.8 Å². The first kappa shape index (κ1) is 29.2. The monoisotopic (exact) mass is 595 g/mol. The van der Waals surface area contributed by atoms with Gasteiger partial charge in [-0.3, -0.25) is 33.6 Å². The van der Waals surface area contributed by atoms with Crippen molar-refractivity contribution in [3.8, 4) is 16.9 Å². The smallest absolute Gasteiger partial charge is 0.322 e. The number of rotatable bonds is 5. The van der Waals surface area contributed by atoms with Crippen molar-refractivity contribution in [3.05, 3.63) is 92.7 Å². The number of piperidine rings is 1. The molecule has 2 atom stereocenters. The SMILES string of the molecule is C=CC(=O)N1CCC(n2c(=O)c(=O)n(-c3c(C)ccnc3C(C)C)c3nc(-c4c(C)ccc5[nH]ncc45)c(F)cc32)C[C@H]1C. The van der Waals surface area contributed by atoms with Crippen molar-refractivity contribution in [1.29, 1.82) is 0 Å². The second kappa shape index (κ2) is 11.0. The summed E-state index contributed by atoms with van der Waals surface area (Å²) in [5, 5.41) is 7.75. The maximum absolute atomic E-state index is 16.3. The standard InChI is InChI=1S/C33H34FN7O3/c1-7-26(42)39-13-11-21(14-20(39)6)40-25-15-23(34)29(27-18(4)8-9-24-22(27)16-36-38-24)37-31(25)41(33(44)32(40)43)30-19(5)10-12-35-28(30)17(2)3/h7-10,12,15-17,20-21H,1,11,13-14H2,2-6H3,(H,36,38)/t20-,21?/m1/s1. The predicted molar refractivity (Wildman–Crippen MR) is 168 cm³/mol. The van der Waals surface area contributed by atoms with Gasteiger partial charge in [0.1, 0.15) is 5.69 Å². The third-order valence-electron chi connectivity index (χ3n) is 8.68. The molecule has 1 aliphatic rings. The van der Waals surface area contributed by atoms with Gasteiger partial charge in [-0.1, -0.05) is 26.5 Å². The van der Waals surface area contributed by atoms with E-state index >= 15 is 4.39 Å². The maximum Gasteiger partial charge on any atom is 0.322 e. The summed E-state index contributed by atoms with van der Waals surface area (Å²) < 4.78 is 19.0. The summed E-state index contributed by atoms with van der Waals surface area (Å²) in [5.41, 5.74) is 2.68. The van der Waals surface area contributed by atoms with E-state index in [1.54, 1.807) is 23.4 Å². The quantitative estimate of drug-likeness (QED) is 0.223. The first-order valence-corrected chi connectivity index (χ1v) is 14.7. The van der Waals surface area contributed by atoms with Crippen molar-refractivity contribution in [2.45, 2.75) is 65.5 Å². The van der Waals surface area contributed by atoms with Crippen LogP contribution in [0.5, 0.6) is 0 Å². The number of nitrogens with zero attached hydrogens (tertiary/aromatic N) is 6. The van der Waals surface area contributed by atoms with Gasteiger partial charge in [0, 0.05) is 41.8 Å². The minimum absolute atomic E-state index is 0.0488. The van der Waals surface area contributed by atoms with Crippen molar-refractivity contribution in [2.24, 2.45) is 0 Å². The predicted octanol–water partition coefficient (Wildman–Crippen LogP) is 5.10. The highest BCUT2D eigenvalue weighted by Crippen LogP contribution is 2.35. The van der Waals surface area contributed by atoms with Crippen molar-refractivity contribution < 1.29 is 9.18 Å². The molecule has 1 aromatic carbocycles. The van der Waals surface area contributed by atoms with Crippen LogP contribution in [0.4, 0.5) is 4.39 Å². The Morgan fingerprint density at radius 2 is 1.93 bits per heavy atom. The highest BCUT2D eigenvalue weighted by molar-refractivity contribution is 5.96. The molecular formula is C33H34FN7O3. The Balaban J connectivity index is 1.70. The van der Waals surface area contributed by atoms with Crippen LogP contribution in [0.3, 0.4) is 0 Å². The number of likely N-dealkylation sites (tertiary alicyclic amines) is 1. The molecule has 226 valence electrons. The van der Waals surface area contributed by atoms with Crippen molar-refractivity contribution in [2.75, 3.05) is 6.54 Å². The molecule has 1 saturated heterocycles. The average Bonchev–Trinajstić information content (AvgIpc) is 3.47. The normalized spacial score (nSPS) is 17.1. The van der Waals surface area contributed by atoms with Gasteiger partial charge >= 0.3 is 11.1 Å². The fraction of sp³-hybridized carbons (Fsp3) is 0.333. The molecule has 10 nitrogen and oxygen atoms in total. The number of amides is 1. The van der Waals surface area contributed by atoms with Gasteiger partial charge in [0.2, 0.25) is 5.91 Å². The number of H-pyrrole nitrogens is 1. The highest BCUT2D eigenvalue weighted by Gasteiger charge is 2.32. The molecule has 6 rings (SSSR count). The van der Waals surface area contributed by atoms with Crippen LogP contribution >= 0.6 is 0 Å². The van der Waals surface area contributed by atoms with E-state index in [9.17, 15) is 14.4 Å². The summed E-state index contributed by atoms with van der Waals surface area (Å²) in [5.74, 6) is -0.909. The summed E-state index contributed by atoms with van der Waals surface area (Å²) in [6.07, 6.45) is 5.37. The second-order valence-corrected chi connectivity index (χ2v) is 11.8. The number of aryl methyl sites for hydroxylation is 2. The number of pyridine rings is 2. The molecule has 5 aromatic rings. The second-order valence-electron chi connectivity index (χ2n) is 11.8. The Morgan fingerprint density at radius 3 is 2.64 bits per heavy atom. The number of aromatic amines is 1. The van der Waals surface area contributed by atoms with Crippen LogP contribution in [0.15, 0.2) is 58.9 Å². The van der Waals surface area contributed by atoms with E-state index in [1.165, 1.54) is 21.3 Å². The zero-order valence-corrected chi connectivity index (χ0v) is 25.4. The van der Waals surface area contributed by atoms with Gasteiger partial charge in [0.25, 0.3) is 0 Å². The minimum atomic E-state index is -0.795. The third-order valence-corrected chi connectivity index (χ3v) is 8.68. The molecule has 0 aliphatic carbocycles. The van der Waals surface area contributed by atoms with E-state index in [4.69, 9.17) is 4.98 Å². The molecule has 1 aliphatic heterocycles. The topological polar surface area (TPSA) is 119 Å². The average molecular weight is 596 g/mol. The van der Waals surface area contributed by atoms with Gasteiger partial charge in [0.05, 0.1) is 28.6 Å². The summed E-state index contributed by atoms with van der Waals surface area (Å²) in [6, 6.07) is 6.13. The number of halogens is 1. The number of aromatic nitrogens is 6. The van der Waals surface area contributed by atoms with E-state index in [-0.39, 0.29) is 34.7 Å². The van der Waals surface area contributed by atoms with Crippen LogP contribution in [0.2, 0.25) is 0 Å². The Hall–Kier alpha value is -4.93. The first-order valence-electron chi connectivity index (χ1n) is 14.7. The van der Waals surface area contributed by atoms with Crippen LogP contribution in [0, 0.1) is 19.7 Å². The van der Waals surface area contributed by atoms with Crippen LogP contribution in [0.1, 0.15) is 62.4 Å². The van der Waals surface area contributed by atoms with E-state index in [0.29, 0.717) is 47.2 Å². The molecule has 11 heteroatoms. The van der Waals surface area contributed by atoms with Crippen molar-refractivity contribution in [1.82, 2.24) is 34.2 Å². The molecule has 0 bridgehead atoms. The Kier molecular flexibility index (Phi) is 7.27. The summed E-state index contributed by atoms with van der Waals surface area (Å²) in [4.78, 5) is 51.8. The zero-order valence-electron chi connectivity index (χ0n) is 25.4. The lowest BCUT2D eigenvalue weighted by molar-refractivity contribution is -0.129. The Bertz CT molecular complexity index is 2090. The summed E-state index contributed by atoms with van der Waals surface area (Å²) in [6.45, 7) is 13.5. The molecule has 0 radical (unpaired) electrons. The number of nitrogens with one attached hydrogen (secondary N) is 1. The lowest BCUT2D eigenvalue weighted by atomic mass is 9.97. The fourth-order valence-corrected chi connectivity index (χ4v) is 6.51. The third kappa shape index (κ3) is 4.54. The number of carbonyl (C=O) groups is 1. The number of benzene rings is 1. The molecule has 1 unspecified atom stereocenters. The molecular weight excluding hydrogens is 561 g/mol. The molecule has 44 heavy (non-hydrogen) atoms. The molecule has 1 fully saturated rings.